The van der Waals surface area contributed by atoms with Crippen LogP contribution in [0.4, 0.5) is 79.4 Å². The zero-order valence-corrected chi connectivity index (χ0v) is 26.5. The third-order valence-electron chi connectivity index (χ3n) is 7.29. The van der Waals surface area contributed by atoms with Gasteiger partial charge in [0.25, 0.3) is 0 Å². The summed E-state index contributed by atoms with van der Waals surface area (Å²) < 4.78 is 275. The number of carbonyl (C=O) groups excluding carboxylic acids is 1. The molecule has 2 aromatic rings. The summed E-state index contributed by atoms with van der Waals surface area (Å²) in [4.78, 5) is 11.5. The van der Waals surface area contributed by atoms with E-state index in [1.807, 2.05) is 0 Å². The fourth-order valence-electron chi connectivity index (χ4n) is 4.58. The van der Waals surface area contributed by atoms with Gasteiger partial charge in [-0.3, -0.25) is 0 Å². The van der Waals surface area contributed by atoms with Crippen molar-refractivity contribution >= 4 is 37.4 Å². The lowest BCUT2D eigenvalue weighted by Crippen LogP contribution is -2.75. The van der Waals surface area contributed by atoms with Gasteiger partial charge in [0.2, 0.25) is 0 Å². The van der Waals surface area contributed by atoms with Crippen molar-refractivity contribution in [1.29, 1.82) is 0 Å². The van der Waals surface area contributed by atoms with E-state index in [0.717, 1.165) is 12.1 Å². The molecule has 0 saturated carbocycles. The van der Waals surface area contributed by atoms with Crippen molar-refractivity contribution in [2.75, 3.05) is 18.1 Å². The second-order valence-corrected chi connectivity index (χ2v) is 15.5. The zero-order valence-electron chi connectivity index (χ0n) is 24.8. The molecule has 0 bridgehead atoms. The van der Waals surface area contributed by atoms with Crippen LogP contribution in [0.5, 0.6) is 0 Å². The highest BCUT2D eigenvalue weighted by atomic mass is 32.3. The number of hydrogen-bond donors (Lipinski definition) is 0. The maximum absolute atomic E-state index is 15.1. The van der Waals surface area contributed by atoms with Crippen molar-refractivity contribution < 1.29 is 101 Å². The van der Waals surface area contributed by atoms with Gasteiger partial charge in [-0.25, -0.2) is 8.42 Å². The molecule has 1 aliphatic heterocycles. The van der Waals surface area contributed by atoms with Crippen LogP contribution in [0, 0.1) is 0 Å². The predicted molar refractivity (Wildman–Crippen MR) is 141 cm³/mol. The first-order chi connectivity index (χ1) is 22.8. The van der Waals surface area contributed by atoms with Gasteiger partial charge in [-0.2, -0.15) is 83.1 Å². The molecule has 292 valence electrons. The third-order valence-corrected chi connectivity index (χ3v) is 12.9. The van der Waals surface area contributed by atoms with Crippen LogP contribution in [0.3, 0.4) is 0 Å². The van der Waals surface area contributed by atoms with Gasteiger partial charge in [-0.1, -0.05) is 53.6 Å². The topological polar surface area (TPSA) is 78.9 Å². The largest absolute Gasteiger partial charge is 0.508 e. The SMILES string of the molecule is CCCOC(=O)OC1CCS(OS(=O)(=O)C(F)(F)C(F)(F)C(F)(F)C(F)(F)C(F)(F)C(F)(F)C(F)(F)C(F)(F)F)(c2cccc3ccccc23)C1. The molecule has 1 fully saturated rings. The molecule has 2 atom stereocenters. The van der Waals surface area contributed by atoms with E-state index in [1.165, 1.54) is 37.3 Å². The number of fused-ring (bicyclic) bond motifs is 1. The second-order valence-electron chi connectivity index (χ2n) is 10.8. The molecule has 0 radical (unpaired) electrons. The number of ether oxygens (including phenoxy) is 2. The minimum absolute atomic E-state index is 0.0844. The van der Waals surface area contributed by atoms with Gasteiger partial charge in [-0.15, -0.1) is 0 Å². The molecule has 0 aliphatic carbocycles. The smallest absolute Gasteiger partial charge is 0.434 e. The molecule has 0 N–H and O–H groups in total. The zero-order chi connectivity index (χ0) is 39.5. The van der Waals surface area contributed by atoms with Gasteiger partial charge in [-0.05, 0) is 29.7 Å². The first-order valence-electron chi connectivity index (χ1n) is 13.6. The molecular weight excluding hydrogens is 795 g/mol. The molecule has 0 aromatic heterocycles. The number of halogens is 17. The summed E-state index contributed by atoms with van der Waals surface area (Å²) in [5.41, 5.74) is 0. The van der Waals surface area contributed by atoms with Gasteiger partial charge < -0.3 is 9.47 Å². The van der Waals surface area contributed by atoms with Gasteiger partial charge >= 0.3 is 63.2 Å². The van der Waals surface area contributed by atoms with Gasteiger partial charge in [0, 0.05) is 16.4 Å². The maximum atomic E-state index is 15.1. The monoisotopic (exact) mass is 816 g/mol. The lowest BCUT2D eigenvalue weighted by Gasteiger charge is -2.43. The van der Waals surface area contributed by atoms with Crippen LogP contribution in [-0.4, -0.2) is 85.8 Å². The van der Waals surface area contributed by atoms with Gasteiger partial charge in [0.15, 0.2) is 0 Å². The highest BCUT2D eigenvalue weighted by Gasteiger charge is 2.96. The number of rotatable bonds is 13. The molecule has 51 heavy (non-hydrogen) atoms. The normalized spacial score (nSPS) is 21.7. The Kier molecular flexibility index (Phi) is 11.0. The minimum atomic E-state index is -8.98. The van der Waals surface area contributed by atoms with Crippen LogP contribution in [0.2, 0.25) is 0 Å². The lowest BCUT2D eigenvalue weighted by molar-refractivity contribution is -0.458. The molecule has 25 heteroatoms. The highest BCUT2D eigenvalue weighted by molar-refractivity contribution is 8.33. The summed E-state index contributed by atoms with van der Waals surface area (Å²) in [7, 11) is -12.1. The standard InChI is InChI=1S/C26H21F17O6S2/c1-2-11-47-18(44)48-15-10-12-50(13-15,17-9-5-7-14-6-3-4-8-16(14)17)49-51(45,46)26(42,43)24(37,38)22(33,34)20(29,30)19(27,28)21(31,32)23(35,36)25(39,40)41/h3-9,15H,2,10-13H2,1H3. The number of hydrogen-bond acceptors (Lipinski definition) is 6. The van der Waals surface area contributed by atoms with Crippen LogP contribution in [0.25, 0.3) is 10.8 Å². The molecule has 2 aromatic carbocycles. The Balaban J connectivity index is 2.16. The molecule has 3 rings (SSSR count). The molecule has 0 amide bonds. The molecule has 2 unspecified atom stereocenters. The molecule has 1 saturated heterocycles. The lowest BCUT2D eigenvalue weighted by atomic mass is 9.91. The van der Waals surface area contributed by atoms with Crippen LogP contribution in [0.15, 0.2) is 47.4 Å². The van der Waals surface area contributed by atoms with E-state index in [9.17, 15) is 79.1 Å². The first-order valence-corrected chi connectivity index (χ1v) is 16.9. The van der Waals surface area contributed by atoms with Crippen LogP contribution >= 0.6 is 10.3 Å². The summed E-state index contributed by atoms with van der Waals surface area (Å²) in [6, 6.07) is 8.56. The summed E-state index contributed by atoms with van der Waals surface area (Å²) in [6.45, 7) is 1.30. The Morgan fingerprint density at radius 3 is 1.75 bits per heavy atom. The molecule has 1 heterocycles. The summed E-state index contributed by atoms with van der Waals surface area (Å²) >= 11 is 0. The van der Waals surface area contributed by atoms with E-state index in [2.05, 4.69) is 8.37 Å². The number of alkyl halides is 17. The van der Waals surface area contributed by atoms with E-state index in [0.29, 0.717) is 0 Å². The van der Waals surface area contributed by atoms with E-state index in [-0.39, 0.29) is 23.8 Å². The minimum Gasteiger partial charge on any atom is -0.434 e. The second kappa shape index (κ2) is 13.2. The van der Waals surface area contributed by atoms with E-state index >= 15 is 8.78 Å². The van der Waals surface area contributed by atoms with E-state index in [1.54, 1.807) is 0 Å². The highest BCUT2D eigenvalue weighted by Crippen LogP contribution is 2.68. The third kappa shape index (κ3) is 6.51. The van der Waals surface area contributed by atoms with Crippen LogP contribution in [0.1, 0.15) is 19.8 Å². The Labute approximate surface area is 276 Å². The van der Waals surface area contributed by atoms with Crippen molar-refractivity contribution in [2.24, 2.45) is 0 Å². The van der Waals surface area contributed by atoms with Crippen molar-refractivity contribution in [3.63, 3.8) is 0 Å². The van der Waals surface area contributed by atoms with Crippen LogP contribution in [-0.2, 0) is 23.2 Å². The average molecular weight is 817 g/mol. The summed E-state index contributed by atoms with van der Waals surface area (Å²) in [5.74, 6) is -54.3. The number of carbonyl (C=O) groups is 1. The molecule has 6 nitrogen and oxygen atoms in total. The summed E-state index contributed by atoms with van der Waals surface area (Å²) in [5, 5.41) is -7.79. The fourth-order valence-corrected chi connectivity index (χ4v) is 10.5. The van der Waals surface area contributed by atoms with Crippen molar-refractivity contribution in [1.82, 2.24) is 0 Å². The molecular formula is C26H21F17O6S2. The van der Waals surface area contributed by atoms with Crippen molar-refractivity contribution in [2.45, 2.75) is 77.7 Å². The van der Waals surface area contributed by atoms with E-state index in [4.69, 9.17) is 4.74 Å². The molecule has 0 spiro atoms. The fraction of sp³-hybridized carbons (Fsp3) is 0.577. The van der Waals surface area contributed by atoms with Crippen LogP contribution < -0.4 is 0 Å². The summed E-state index contributed by atoms with van der Waals surface area (Å²) in [6.07, 6.45) is -11.2. The maximum Gasteiger partial charge on any atom is 0.508 e. The van der Waals surface area contributed by atoms with Gasteiger partial charge in [0.1, 0.15) is 6.10 Å². The quantitative estimate of drug-likeness (QED) is 0.148. The molecule has 1 aliphatic rings. The predicted octanol–water partition coefficient (Wildman–Crippen LogP) is 9.57. The Hall–Kier alpha value is -2.96. The Morgan fingerprint density at radius 1 is 0.725 bits per heavy atom. The van der Waals surface area contributed by atoms with E-state index < -0.39 is 102 Å². The Bertz CT molecular complexity index is 1710. The van der Waals surface area contributed by atoms with Gasteiger partial charge in [0.05, 0.1) is 6.61 Å². The number of benzene rings is 2. The first kappa shape index (κ1) is 42.5. The average Bonchev–Trinajstić information content (AvgIpc) is 3.40. The Morgan fingerprint density at radius 2 is 1.22 bits per heavy atom. The van der Waals surface area contributed by atoms with Crippen molar-refractivity contribution in [3.8, 4) is 0 Å². The van der Waals surface area contributed by atoms with Crippen molar-refractivity contribution in [3.05, 3.63) is 42.5 Å².